The Morgan fingerprint density at radius 2 is 2.17 bits per heavy atom. The van der Waals surface area contributed by atoms with Gasteiger partial charge in [0.05, 0.1) is 16.2 Å². The van der Waals surface area contributed by atoms with E-state index in [0.29, 0.717) is 12.2 Å². The summed E-state index contributed by atoms with van der Waals surface area (Å²) >= 11 is 0. The Kier molecular flexibility index (Phi) is 5.10. The molecule has 2 rings (SSSR count). The summed E-state index contributed by atoms with van der Waals surface area (Å²) in [7, 11) is 1.96. The maximum atomic E-state index is 10.8. The molecule has 7 heteroatoms. The number of nitro benzene ring substituents is 1. The molecule has 118 valence electrons. The van der Waals surface area contributed by atoms with Gasteiger partial charge in [0.15, 0.2) is 0 Å². The SMILES string of the molecule is CCN(C)c1cc(CNc2ccc([N+](=O)[O-])cc2C#N)ccn1. The van der Waals surface area contributed by atoms with Gasteiger partial charge in [-0.3, -0.25) is 10.1 Å². The van der Waals surface area contributed by atoms with E-state index < -0.39 is 4.92 Å². The number of benzene rings is 1. The largest absolute Gasteiger partial charge is 0.380 e. The molecule has 7 nitrogen and oxygen atoms in total. The number of nitrogens with one attached hydrogen (secondary N) is 1. The molecule has 1 aromatic heterocycles. The molecule has 2 aromatic rings. The van der Waals surface area contributed by atoms with Gasteiger partial charge in [0.1, 0.15) is 11.9 Å². The molecule has 0 aliphatic heterocycles. The molecule has 0 saturated carbocycles. The van der Waals surface area contributed by atoms with Crippen LogP contribution in [0.25, 0.3) is 0 Å². The lowest BCUT2D eigenvalue weighted by Gasteiger charge is -2.16. The lowest BCUT2D eigenvalue weighted by Crippen LogP contribution is -2.17. The maximum absolute atomic E-state index is 10.8. The van der Waals surface area contributed by atoms with Gasteiger partial charge in [-0.2, -0.15) is 5.26 Å². The smallest absolute Gasteiger partial charge is 0.270 e. The van der Waals surface area contributed by atoms with Gasteiger partial charge in [-0.25, -0.2) is 4.98 Å². The van der Waals surface area contributed by atoms with Gasteiger partial charge in [0.2, 0.25) is 0 Å². The maximum Gasteiger partial charge on any atom is 0.270 e. The zero-order valence-electron chi connectivity index (χ0n) is 13.0. The molecule has 0 saturated heterocycles. The number of nitrogens with zero attached hydrogens (tertiary/aromatic N) is 4. The first kappa shape index (κ1) is 16.2. The molecule has 1 N–H and O–H groups in total. The predicted molar refractivity (Wildman–Crippen MR) is 88.3 cm³/mol. The number of pyridine rings is 1. The van der Waals surface area contributed by atoms with E-state index in [1.54, 1.807) is 12.3 Å². The van der Waals surface area contributed by atoms with Crippen molar-refractivity contribution in [3.63, 3.8) is 0 Å². The molecular formula is C16H17N5O2. The Hall–Kier alpha value is -3.14. The van der Waals surface area contributed by atoms with Crippen LogP contribution in [0, 0.1) is 21.4 Å². The third-order valence-electron chi connectivity index (χ3n) is 3.49. The Bertz CT molecular complexity index is 754. The number of anilines is 2. The van der Waals surface area contributed by atoms with Crippen LogP contribution in [0.3, 0.4) is 0 Å². The van der Waals surface area contributed by atoms with Crippen LogP contribution in [-0.2, 0) is 6.54 Å². The summed E-state index contributed by atoms with van der Waals surface area (Å²) in [5.74, 6) is 0.871. The Labute approximate surface area is 134 Å². The third-order valence-corrected chi connectivity index (χ3v) is 3.49. The third kappa shape index (κ3) is 3.95. The van der Waals surface area contributed by atoms with E-state index in [0.717, 1.165) is 17.9 Å². The summed E-state index contributed by atoms with van der Waals surface area (Å²) in [6.07, 6.45) is 1.74. The van der Waals surface area contributed by atoms with Crippen LogP contribution < -0.4 is 10.2 Å². The van der Waals surface area contributed by atoms with E-state index in [4.69, 9.17) is 5.26 Å². The highest BCUT2D eigenvalue weighted by atomic mass is 16.6. The highest BCUT2D eigenvalue weighted by molar-refractivity contribution is 5.61. The van der Waals surface area contributed by atoms with Crippen molar-refractivity contribution in [2.75, 3.05) is 23.8 Å². The number of aromatic nitrogens is 1. The number of rotatable bonds is 6. The topological polar surface area (TPSA) is 95.1 Å². The van der Waals surface area contributed by atoms with Crippen molar-refractivity contribution in [2.45, 2.75) is 13.5 Å². The van der Waals surface area contributed by atoms with Crippen LogP contribution in [0.1, 0.15) is 18.1 Å². The average molecular weight is 311 g/mol. The number of nitriles is 1. The van der Waals surface area contributed by atoms with Gasteiger partial charge in [-0.05, 0) is 30.7 Å². The lowest BCUT2D eigenvalue weighted by atomic mass is 10.1. The van der Waals surface area contributed by atoms with Crippen molar-refractivity contribution >= 4 is 17.2 Å². The highest BCUT2D eigenvalue weighted by Crippen LogP contribution is 2.22. The van der Waals surface area contributed by atoms with Gasteiger partial charge in [0, 0.05) is 38.5 Å². The van der Waals surface area contributed by atoms with Crippen molar-refractivity contribution < 1.29 is 4.92 Å². The number of non-ortho nitro benzene ring substituents is 1. The standard InChI is InChI=1S/C16H17N5O2/c1-3-20(2)16-8-12(6-7-18-16)11-19-15-5-4-14(21(22)23)9-13(15)10-17/h4-9,19H,3,11H2,1-2H3. The van der Waals surface area contributed by atoms with Crippen molar-refractivity contribution in [3.05, 3.63) is 57.8 Å². The van der Waals surface area contributed by atoms with Crippen LogP contribution >= 0.6 is 0 Å². The normalized spacial score (nSPS) is 9.96. The second-order valence-corrected chi connectivity index (χ2v) is 4.99. The van der Waals surface area contributed by atoms with E-state index in [9.17, 15) is 10.1 Å². The molecule has 0 radical (unpaired) electrons. The van der Waals surface area contributed by atoms with Gasteiger partial charge in [-0.1, -0.05) is 0 Å². The van der Waals surface area contributed by atoms with E-state index in [-0.39, 0.29) is 11.3 Å². The first-order chi connectivity index (χ1) is 11.0. The fourth-order valence-corrected chi connectivity index (χ4v) is 2.03. The van der Waals surface area contributed by atoms with Crippen LogP contribution in [0.15, 0.2) is 36.5 Å². The molecule has 0 aliphatic rings. The Morgan fingerprint density at radius 3 is 2.83 bits per heavy atom. The predicted octanol–water partition coefficient (Wildman–Crippen LogP) is 2.93. The average Bonchev–Trinajstić information content (AvgIpc) is 2.59. The van der Waals surface area contributed by atoms with Crippen molar-refractivity contribution in [1.29, 1.82) is 5.26 Å². The van der Waals surface area contributed by atoms with E-state index in [1.165, 1.54) is 12.1 Å². The van der Waals surface area contributed by atoms with Crippen LogP contribution in [0.2, 0.25) is 0 Å². The van der Waals surface area contributed by atoms with E-state index in [2.05, 4.69) is 10.3 Å². The first-order valence-corrected chi connectivity index (χ1v) is 7.13. The van der Waals surface area contributed by atoms with E-state index in [1.807, 2.05) is 37.1 Å². The summed E-state index contributed by atoms with van der Waals surface area (Å²) in [4.78, 5) is 16.6. The van der Waals surface area contributed by atoms with Crippen molar-refractivity contribution in [1.82, 2.24) is 4.98 Å². The monoisotopic (exact) mass is 311 g/mol. The highest BCUT2D eigenvalue weighted by Gasteiger charge is 2.10. The van der Waals surface area contributed by atoms with E-state index >= 15 is 0 Å². The second kappa shape index (κ2) is 7.22. The zero-order valence-corrected chi connectivity index (χ0v) is 13.0. The quantitative estimate of drug-likeness (QED) is 0.651. The molecule has 1 heterocycles. The summed E-state index contributed by atoms with van der Waals surface area (Å²) in [5, 5.41) is 23.0. The molecule has 0 bridgehead atoms. The molecular weight excluding hydrogens is 294 g/mol. The van der Waals surface area contributed by atoms with Gasteiger partial charge in [-0.15, -0.1) is 0 Å². The molecule has 0 unspecified atom stereocenters. The number of hydrogen-bond donors (Lipinski definition) is 1. The van der Waals surface area contributed by atoms with Gasteiger partial charge >= 0.3 is 0 Å². The summed E-state index contributed by atoms with van der Waals surface area (Å²) in [6.45, 7) is 3.40. The fraction of sp³-hybridized carbons (Fsp3) is 0.250. The summed E-state index contributed by atoms with van der Waals surface area (Å²) < 4.78 is 0. The molecule has 23 heavy (non-hydrogen) atoms. The minimum absolute atomic E-state index is 0.0946. The van der Waals surface area contributed by atoms with Crippen LogP contribution in [-0.4, -0.2) is 23.5 Å². The summed E-state index contributed by atoms with van der Waals surface area (Å²) in [5.41, 5.74) is 1.74. The summed E-state index contributed by atoms with van der Waals surface area (Å²) in [6, 6.07) is 10.0. The van der Waals surface area contributed by atoms with Crippen LogP contribution in [0.4, 0.5) is 17.2 Å². The molecule has 1 aromatic carbocycles. The number of nitro groups is 1. The molecule has 0 atom stereocenters. The van der Waals surface area contributed by atoms with Crippen molar-refractivity contribution in [2.24, 2.45) is 0 Å². The fourth-order valence-electron chi connectivity index (χ4n) is 2.03. The minimum Gasteiger partial charge on any atom is -0.380 e. The van der Waals surface area contributed by atoms with Crippen molar-refractivity contribution in [3.8, 4) is 6.07 Å². The van der Waals surface area contributed by atoms with Crippen LogP contribution in [0.5, 0.6) is 0 Å². The molecule has 0 fully saturated rings. The van der Waals surface area contributed by atoms with Gasteiger partial charge in [0.25, 0.3) is 5.69 Å². The molecule has 0 aliphatic carbocycles. The minimum atomic E-state index is -0.514. The molecule has 0 spiro atoms. The zero-order chi connectivity index (χ0) is 16.8. The second-order valence-electron chi connectivity index (χ2n) is 4.99. The Morgan fingerprint density at radius 1 is 1.39 bits per heavy atom. The Balaban J connectivity index is 2.15. The number of hydrogen-bond acceptors (Lipinski definition) is 6. The molecule has 0 amide bonds. The van der Waals surface area contributed by atoms with Gasteiger partial charge < -0.3 is 10.2 Å². The lowest BCUT2D eigenvalue weighted by molar-refractivity contribution is -0.384. The first-order valence-electron chi connectivity index (χ1n) is 7.13.